The molecule has 2 unspecified atom stereocenters. The van der Waals surface area contributed by atoms with Gasteiger partial charge in [0.05, 0.1) is 6.10 Å². The number of nitrogens with one attached hydrogen (secondary N) is 1. The maximum atomic E-state index is 5.53. The lowest BCUT2D eigenvalue weighted by Crippen LogP contribution is -2.57. The number of nitrogens with zero attached hydrogens (tertiary/aromatic N) is 2. The Balaban J connectivity index is 1.79. The minimum Gasteiger partial charge on any atom is -0.381 e. The predicted molar refractivity (Wildman–Crippen MR) is 79.9 cm³/mol. The van der Waals surface area contributed by atoms with Gasteiger partial charge in [0.25, 0.3) is 0 Å². The minimum absolute atomic E-state index is 0.164. The van der Waals surface area contributed by atoms with Gasteiger partial charge in [-0.15, -0.1) is 0 Å². The Bertz CT molecular complexity index is 487. The lowest BCUT2D eigenvalue weighted by molar-refractivity contribution is -0.0795. The summed E-state index contributed by atoms with van der Waals surface area (Å²) in [5.74, 6) is 1.06. The number of aryl methyl sites for hydroxylation is 1. The van der Waals surface area contributed by atoms with Crippen molar-refractivity contribution in [2.75, 3.05) is 12.4 Å². The number of rotatable bonds is 3. The van der Waals surface area contributed by atoms with E-state index in [1.807, 2.05) is 0 Å². The van der Waals surface area contributed by atoms with Crippen molar-refractivity contribution < 1.29 is 4.74 Å². The van der Waals surface area contributed by atoms with Crippen molar-refractivity contribution >= 4 is 5.82 Å². The van der Waals surface area contributed by atoms with Gasteiger partial charge in [0.1, 0.15) is 12.1 Å². The number of fused-ring (bicyclic) bond motifs is 1. The van der Waals surface area contributed by atoms with Crippen LogP contribution in [0.1, 0.15) is 50.8 Å². The number of aromatic nitrogens is 2. The second kappa shape index (κ2) is 5.32. The molecule has 3 rings (SSSR count). The molecular weight excluding hydrogens is 250 g/mol. The van der Waals surface area contributed by atoms with Gasteiger partial charge in [0, 0.05) is 29.8 Å². The van der Waals surface area contributed by atoms with Gasteiger partial charge in [-0.05, 0) is 32.1 Å². The minimum atomic E-state index is 0.164. The summed E-state index contributed by atoms with van der Waals surface area (Å²) in [7, 11) is 1.80. The van der Waals surface area contributed by atoms with Gasteiger partial charge in [0.15, 0.2) is 0 Å². The summed E-state index contributed by atoms with van der Waals surface area (Å²) >= 11 is 0. The first-order valence-electron chi connectivity index (χ1n) is 7.75. The molecule has 0 aliphatic heterocycles. The van der Waals surface area contributed by atoms with Crippen molar-refractivity contribution in [3.8, 4) is 0 Å². The van der Waals surface area contributed by atoms with Crippen molar-refractivity contribution in [2.24, 2.45) is 5.41 Å². The highest BCUT2D eigenvalue weighted by molar-refractivity contribution is 5.48. The van der Waals surface area contributed by atoms with Gasteiger partial charge < -0.3 is 10.1 Å². The van der Waals surface area contributed by atoms with Crippen molar-refractivity contribution in [3.05, 3.63) is 17.6 Å². The normalized spacial score (nSPS) is 28.1. The monoisotopic (exact) mass is 275 g/mol. The summed E-state index contributed by atoms with van der Waals surface area (Å²) in [6, 6.07) is 0.440. The molecule has 2 atom stereocenters. The Morgan fingerprint density at radius 1 is 1.20 bits per heavy atom. The molecule has 1 heterocycles. The van der Waals surface area contributed by atoms with Crippen LogP contribution in [0.5, 0.6) is 0 Å². The molecule has 110 valence electrons. The third-order valence-corrected chi connectivity index (χ3v) is 5.15. The summed E-state index contributed by atoms with van der Waals surface area (Å²) in [4.78, 5) is 8.99. The maximum absolute atomic E-state index is 5.53. The molecule has 1 aromatic heterocycles. The Morgan fingerprint density at radius 3 is 2.75 bits per heavy atom. The Labute approximate surface area is 121 Å². The van der Waals surface area contributed by atoms with E-state index in [2.05, 4.69) is 29.1 Å². The van der Waals surface area contributed by atoms with Gasteiger partial charge in [-0.3, -0.25) is 0 Å². The number of anilines is 1. The molecule has 0 spiro atoms. The highest BCUT2D eigenvalue weighted by Crippen LogP contribution is 2.44. The van der Waals surface area contributed by atoms with Gasteiger partial charge in [-0.25, -0.2) is 9.97 Å². The molecule has 4 nitrogen and oxygen atoms in total. The van der Waals surface area contributed by atoms with E-state index in [1.54, 1.807) is 13.4 Å². The fourth-order valence-corrected chi connectivity index (χ4v) is 3.52. The first-order chi connectivity index (χ1) is 9.63. The average Bonchev–Trinajstić information content (AvgIpc) is 2.68. The summed E-state index contributed by atoms with van der Waals surface area (Å²) in [5, 5.41) is 3.66. The third kappa shape index (κ3) is 2.30. The molecule has 1 N–H and O–H groups in total. The van der Waals surface area contributed by atoms with Crippen LogP contribution in [0.3, 0.4) is 0 Å². The topological polar surface area (TPSA) is 47.0 Å². The molecule has 0 bridgehead atoms. The van der Waals surface area contributed by atoms with Crippen molar-refractivity contribution in [1.29, 1.82) is 0 Å². The number of ether oxygens (including phenoxy) is 1. The Hall–Kier alpha value is -1.16. The SMILES string of the molecule is COC1CC(Nc2ncnc3c2CCCCC3)C1(C)C. The van der Waals surface area contributed by atoms with Crippen LogP contribution in [0.25, 0.3) is 0 Å². The van der Waals surface area contributed by atoms with E-state index in [1.165, 1.54) is 30.5 Å². The van der Waals surface area contributed by atoms with Crippen LogP contribution in [0.2, 0.25) is 0 Å². The van der Waals surface area contributed by atoms with E-state index in [0.717, 1.165) is 25.1 Å². The zero-order valence-electron chi connectivity index (χ0n) is 12.8. The van der Waals surface area contributed by atoms with E-state index in [0.29, 0.717) is 12.1 Å². The molecule has 2 aliphatic carbocycles. The molecule has 1 saturated carbocycles. The van der Waals surface area contributed by atoms with Crippen LogP contribution in [-0.4, -0.2) is 29.2 Å². The largest absolute Gasteiger partial charge is 0.381 e. The van der Waals surface area contributed by atoms with Crippen LogP contribution < -0.4 is 5.32 Å². The molecule has 2 aliphatic rings. The summed E-state index contributed by atoms with van der Waals surface area (Å²) in [5.41, 5.74) is 2.76. The van der Waals surface area contributed by atoms with Crippen LogP contribution in [-0.2, 0) is 17.6 Å². The molecule has 0 amide bonds. The second-order valence-electron chi connectivity index (χ2n) is 6.69. The van der Waals surface area contributed by atoms with Crippen LogP contribution in [0.15, 0.2) is 6.33 Å². The zero-order chi connectivity index (χ0) is 14.2. The summed E-state index contributed by atoms with van der Waals surface area (Å²) in [6.07, 6.45) is 9.14. The first-order valence-corrected chi connectivity index (χ1v) is 7.75. The molecule has 1 aromatic rings. The molecule has 20 heavy (non-hydrogen) atoms. The van der Waals surface area contributed by atoms with Gasteiger partial charge in [0.2, 0.25) is 0 Å². The lowest BCUT2D eigenvalue weighted by atomic mass is 9.64. The summed E-state index contributed by atoms with van der Waals surface area (Å²) in [6.45, 7) is 4.53. The smallest absolute Gasteiger partial charge is 0.133 e. The van der Waals surface area contributed by atoms with Gasteiger partial charge >= 0.3 is 0 Å². The molecular formula is C16H25N3O. The van der Waals surface area contributed by atoms with E-state index >= 15 is 0 Å². The quantitative estimate of drug-likeness (QED) is 0.862. The van der Waals surface area contributed by atoms with Gasteiger partial charge in [-0.1, -0.05) is 20.3 Å². The van der Waals surface area contributed by atoms with E-state index in [4.69, 9.17) is 4.74 Å². The number of methoxy groups -OCH3 is 1. The molecule has 4 heteroatoms. The molecule has 1 fully saturated rings. The predicted octanol–water partition coefficient (Wildman–Crippen LogP) is 2.97. The fraction of sp³-hybridized carbons (Fsp3) is 0.750. The van der Waals surface area contributed by atoms with Crippen LogP contribution >= 0.6 is 0 Å². The Morgan fingerprint density at radius 2 is 2.00 bits per heavy atom. The van der Waals surface area contributed by atoms with E-state index < -0.39 is 0 Å². The van der Waals surface area contributed by atoms with Crippen molar-refractivity contribution in [3.63, 3.8) is 0 Å². The molecule has 0 aromatic carbocycles. The maximum Gasteiger partial charge on any atom is 0.133 e. The first kappa shape index (κ1) is 13.8. The van der Waals surface area contributed by atoms with E-state index in [-0.39, 0.29) is 5.41 Å². The Kier molecular flexibility index (Phi) is 3.67. The van der Waals surface area contributed by atoms with Crippen LogP contribution in [0.4, 0.5) is 5.82 Å². The lowest BCUT2D eigenvalue weighted by Gasteiger charge is -2.51. The second-order valence-corrected chi connectivity index (χ2v) is 6.69. The fourth-order valence-electron chi connectivity index (χ4n) is 3.52. The number of hydrogen-bond donors (Lipinski definition) is 1. The van der Waals surface area contributed by atoms with Crippen molar-refractivity contribution in [1.82, 2.24) is 9.97 Å². The number of hydrogen-bond acceptors (Lipinski definition) is 4. The zero-order valence-corrected chi connectivity index (χ0v) is 12.8. The van der Waals surface area contributed by atoms with Crippen LogP contribution in [0, 0.1) is 5.41 Å². The van der Waals surface area contributed by atoms with Gasteiger partial charge in [-0.2, -0.15) is 0 Å². The molecule has 0 saturated heterocycles. The van der Waals surface area contributed by atoms with E-state index in [9.17, 15) is 0 Å². The standard InChI is InChI=1S/C16H25N3O/c1-16(2)13(9-14(16)20-3)19-15-11-7-5-4-6-8-12(11)17-10-18-15/h10,13-14H,4-9H2,1-3H3,(H,17,18,19). The highest BCUT2D eigenvalue weighted by atomic mass is 16.5. The third-order valence-electron chi connectivity index (χ3n) is 5.15. The molecule has 0 radical (unpaired) electrons. The average molecular weight is 275 g/mol. The summed E-state index contributed by atoms with van der Waals surface area (Å²) < 4.78 is 5.53. The van der Waals surface area contributed by atoms with Crippen molar-refractivity contribution in [2.45, 2.75) is 64.5 Å². The highest BCUT2D eigenvalue weighted by Gasteiger charge is 2.48.